The molecule has 0 heterocycles. The number of aldehydes is 1. The van der Waals surface area contributed by atoms with E-state index in [1.165, 1.54) is 44.2 Å². The number of aliphatic hydroxyl groups is 5. The molecular formula is C23H34O7. The molecule has 0 aliphatic carbocycles. The number of phenolic OH excluding ortho intramolecular Hbond substituents is 1. The summed E-state index contributed by atoms with van der Waals surface area (Å²) in [6.07, 6.45) is 4.51. The fourth-order valence-electron chi connectivity index (χ4n) is 2.82. The normalized spacial score (nSPS) is 16.7. The predicted octanol–water partition coefficient (Wildman–Crippen LogP) is 1.72. The van der Waals surface area contributed by atoms with Gasteiger partial charge in [-0.25, -0.2) is 0 Å². The number of hydrogen-bond acceptors (Lipinski definition) is 7. The van der Waals surface area contributed by atoms with Crippen LogP contribution in [-0.2, 0) is 6.42 Å². The van der Waals surface area contributed by atoms with Gasteiger partial charge in [0.2, 0.25) is 0 Å². The van der Waals surface area contributed by atoms with Crippen LogP contribution in [-0.4, -0.2) is 66.9 Å². The first-order chi connectivity index (χ1) is 14.0. The fourth-order valence-corrected chi connectivity index (χ4v) is 2.82. The molecule has 0 amide bonds. The largest absolute Gasteiger partial charge is 0.507 e. The number of rotatable bonds is 12. The Morgan fingerprint density at radius 3 is 2.23 bits per heavy atom. The highest BCUT2D eigenvalue weighted by atomic mass is 16.3. The van der Waals surface area contributed by atoms with E-state index < -0.39 is 23.9 Å². The lowest BCUT2D eigenvalue weighted by atomic mass is 9.90. The molecule has 0 radical (unpaired) electrons. The lowest BCUT2D eigenvalue weighted by molar-refractivity contribution is -0.0469. The molecule has 1 rings (SSSR count). The number of aromatic hydroxyl groups is 1. The molecule has 0 saturated carbocycles. The molecule has 0 aromatic heterocycles. The van der Waals surface area contributed by atoms with Gasteiger partial charge in [0, 0.05) is 6.42 Å². The summed E-state index contributed by atoms with van der Waals surface area (Å²) < 4.78 is 0. The first-order valence-corrected chi connectivity index (χ1v) is 10.1. The fraction of sp³-hybridized carbons (Fsp3) is 0.522. The number of carbonyl (C=O) groups excluding carboxylic acids is 1. The van der Waals surface area contributed by atoms with E-state index in [1.807, 2.05) is 0 Å². The van der Waals surface area contributed by atoms with Crippen molar-refractivity contribution >= 4 is 12.4 Å². The van der Waals surface area contributed by atoms with Crippen LogP contribution in [0.1, 0.15) is 61.5 Å². The SMILES string of the molecule is CC(O)CCC/C=C/C(O)C(O)/C=C/c1c(CC(O)C(C)(C)O)ccc(O)c1C=O. The Labute approximate surface area is 177 Å². The second kappa shape index (κ2) is 12.0. The van der Waals surface area contributed by atoms with Gasteiger partial charge < -0.3 is 30.6 Å². The first kappa shape index (κ1) is 26.0. The Morgan fingerprint density at radius 1 is 1.03 bits per heavy atom. The maximum Gasteiger partial charge on any atom is 0.154 e. The molecule has 1 aromatic carbocycles. The van der Waals surface area contributed by atoms with Gasteiger partial charge in [-0.2, -0.15) is 0 Å². The maximum absolute atomic E-state index is 11.5. The smallest absolute Gasteiger partial charge is 0.154 e. The molecule has 0 saturated heterocycles. The van der Waals surface area contributed by atoms with E-state index in [0.29, 0.717) is 30.3 Å². The van der Waals surface area contributed by atoms with E-state index in [2.05, 4.69) is 0 Å². The van der Waals surface area contributed by atoms with Crippen LogP contribution in [0.15, 0.2) is 30.4 Å². The molecule has 0 aliphatic heterocycles. The van der Waals surface area contributed by atoms with Crippen molar-refractivity contribution < 1.29 is 35.4 Å². The molecular weight excluding hydrogens is 388 g/mol. The molecule has 0 spiro atoms. The molecule has 6 N–H and O–H groups in total. The van der Waals surface area contributed by atoms with Gasteiger partial charge in [-0.15, -0.1) is 0 Å². The summed E-state index contributed by atoms with van der Waals surface area (Å²) in [4.78, 5) is 11.5. The van der Waals surface area contributed by atoms with E-state index >= 15 is 0 Å². The summed E-state index contributed by atoms with van der Waals surface area (Å²) in [7, 11) is 0. The Kier molecular flexibility index (Phi) is 10.4. The van der Waals surface area contributed by atoms with Crippen LogP contribution in [0.2, 0.25) is 0 Å². The van der Waals surface area contributed by atoms with E-state index in [-0.39, 0.29) is 23.8 Å². The van der Waals surface area contributed by atoms with Gasteiger partial charge in [-0.05, 0) is 57.2 Å². The molecule has 1 aromatic rings. The number of hydrogen-bond donors (Lipinski definition) is 6. The van der Waals surface area contributed by atoms with Gasteiger partial charge >= 0.3 is 0 Å². The molecule has 0 fully saturated rings. The van der Waals surface area contributed by atoms with Gasteiger partial charge in [0.05, 0.1) is 23.4 Å². The van der Waals surface area contributed by atoms with Crippen molar-refractivity contribution in [1.29, 1.82) is 0 Å². The number of carbonyl (C=O) groups is 1. The maximum atomic E-state index is 11.5. The second-order valence-corrected chi connectivity index (χ2v) is 8.11. The number of phenols is 1. The van der Waals surface area contributed by atoms with Crippen LogP contribution in [0.3, 0.4) is 0 Å². The quantitative estimate of drug-likeness (QED) is 0.171. The van der Waals surface area contributed by atoms with E-state index in [1.54, 1.807) is 13.0 Å². The molecule has 0 aliphatic rings. The number of benzene rings is 1. The number of allylic oxidation sites excluding steroid dienone is 1. The third kappa shape index (κ3) is 8.38. The van der Waals surface area contributed by atoms with Gasteiger partial charge in [-0.3, -0.25) is 4.79 Å². The Hall–Kier alpha value is -2.03. The van der Waals surface area contributed by atoms with Crippen molar-refractivity contribution in [1.82, 2.24) is 0 Å². The molecule has 30 heavy (non-hydrogen) atoms. The van der Waals surface area contributed by atoms with Crippen molar-refractivity contribution in [3.05, 3.63) is 47.1 Å². The third-order valence-electron chi connectivity index (χ3n) is 4.84. The predicted molar refractivity (Wildman–Crippen MR) is 115 cm³/mol. The monoisotopic (exact) mass is 422 g/mol. The van der Waals surface area contributed by atoms with E-state index in [9.17, 15) is 35.4 Å². The van der Waals surface area contributed by atoms with Crippen LogP contribution < -0.4 is 0 Å². The van der Waals surface area contributed by atoms with Crippen molar-refractivity contribution in [3.8, 4) is 5.75 Å². The minimum Gasteiger partial charge on any atom is -0.507 e. The molecule has 7 heteroatoms. The lowest BCUT2D eigenvalue weighted by Gasteiger charge is -2.25. The average molecular weight is 423 g/mol. The number of unbranched alkanes of at least 4 members (excludes halogenated alkanes) is 1. The minimum atomic E-state index is -1.37. The van der Waals surface area contributed by atoms with Crippen molar-refractivity contribution in [2.24, 2.45) is 0 Å². The molecule has 7 nitrogen and oxygen atoms in total. The first-order valence-electron chi connectivity index (χ1n) is 10.1. The molecule has 4 atom stereocenters. The lowest BCUT2D eigenvalue weighted by Crippen LogP contribution is -2.37. The Balaban J connectivity index is 2.98. The minimum absolute atomic E-state index is 0.0120. The summed E-state index contributed by atoms with van der Waals surface area (Å²) in [6, 6.07) is 2.86. The van der Waals surface area contributed by atoms with Gasteiger partial charge in [0.1, 0.15) is 18.0 Å². The topological polar surface area (TPSA) is 138 Å². The summed E-state index contributed by atoms with van der Waals surface area (Å²) >= 11 is 0. The second-order valence-electron chi connectivity index (χ2n) is 8.11. The Bertz CT molecular complexity index is 732. The van der Waals surface area contributed by atoms with Gasteiger partial charge in [0.15, 0.2) is 6.29 Å². The van der Waals surface area contributed by atoms with Crippen LogP contribution in [0.4, 0.5) is 0 Å². The van der Waals surface area contributed by atoms with Crippen molar-refractivity contribution in [2.45, 2.75) is 76.5 Å². The van der Waals surface area contributed by atoms with Crippen LogP contribution >= 0.6 is 0 Å². The van der Waals surface area contributed by atoms with Gasteiger partial charge in [0.25, 0.3) is 0 Å². The Morgan fingerprint density at radius 2 is 1.67 bits per heavy atom. The summed E-state index contributed by atoms with van der Waals surface area (Å²) in [5, 5.41) is 59.6. The molecule has 0 bridgehead atoms. The number of aliphatic hydroxyl groups excluding tert-OH is 4. The highest BCUT2D eigenvalue weighted by molar-refractivity contribution is 5.86. The van der Waals surface area contributed by atoms with Crippen molar-refractivity contribution in [2.75, 3.05) is 0 Å². The zero-order chi connectivity index (χ0) is 22.9. The zero-order valence-corrected chi connectivity index (χ0v) is 17.8. The standard InChI is InChI=1S/C23H34O7/c1-15(25)7-5-4-6-8-20(27)21(28)12-10-17-16(13-22(29)23(2,3)30)9-11-19(26)18(17)14-24/h6,8-12,14-15,20-22,25-30H,4-5,7,13H2,1-3H3/b8-6+,12-10+. The third-order valence-corrected chi connectivity index (χ3v) is 4.84. The summed E-state index contributed by atoms with van der Waals surface area (Å²) in [5.41, 5.74) is -0.590. The van der Waals surface area contributed by atoms with Gasteiger partial charge in [-0.1, -0.05) is 30.4 Å². The van der Waals surface area contributed by atoms with Crippen LogP contribution in [0.5, 0.6) is 5.75 Å². The van der Waals surface area contributed by atoms with E-state index in [4.69, 9.17) is 0 Å². The van der Waals surface area contributed by atoms with Crippen LogP contribution in [0, 0.1) is 0 Å². The van der Waals surface area contributed by atoms with Crippen molar-refractivity contribution in [3.63, 3.8) is 0 Å². The molecule has 168 valence electrons. The summed E-state index contributed by atoms with van der Waals surface area (Å²) in [6.45, 7) is 4.63. The molecule has 4 unspecified atom stereocenters. The average Bonchev–Trinajstić information content (AvgIpc) is 2.66. The van der Waals surface area contributed by atoms with E-state index in [0.717, 1.165) is 6.42 Å². The summed E-state index contributed by atoms with van der Waals surface area (Å²) in [5.74, 6) is -0.251. The highest BCUT2D eigenvalue weighted by Gasteiger charge is 2.26. The zero-order valence-electron chi connectivity index (χ0n) is 17.8. The highest BCUT2D eigenvalue weighted by Crippen LogP contribution is 2.27. The van der Waals surface area contributed by atoms with Crippen LogP contribution in [0.25, 0.3) is 6.08 Å².